The molecule has 1 aliphatic rings. The lowest BCUT2D eigenvalue weighted by Gasteiger charge is -2.36. The molecular weight excluding hydrogens is 308 g/mol. The number of aldehydes is 1. The highest BCUT2D eigenvalue weighted by Gasteiger charge is 2.37. The van der Waals surface area contributed by atoms with Crippen LogP contribution in [0.25, 0.3) is 0 Å². The molecule has 1 aliphatic heterocycles. The van der Waals surface area contributed by atoms with Crippen molar-refractivity contribution in [3.8, 4) is 11.8 Å². The Hall–Kier alpha value is -2.81. The SMILES string of the molecule is CCOC(=O)[C@@H]1[C@@H](C=O)CC(C#N)=CN1Cc1ccc(OC)cc1. The summed E-state index contributed by atoms with van der Waals surface area (Å²) in [6, 6.07) is 8.77. The lowest BCUT2D eigenvalue weighted by molar-refractivity contribution is -0.152. The van der Waals surface area contributed by atoms with Gasteiger partial charge in [-0.15, -0.1) is 0 Å². The van der Waals surface area contributed by atoms with E-state index in [0.29, 0.717) is 12.1 Å². The first-order valence-corrected chi connectivity index (χ1v) is 7.74. The first-order chi connectivity index (χ1) is 11.6. The van der Waals surface area contributed by atoms with Crippen LogP contribution in [0.2, 0.25) is 0 Å². The highest BCUT2D eigenvalue weighted by Crippen LogP contribution is 2.28. The summed E-state index contributed by atoms with van der Waals surface area (Å²) in [6.07, 6.45) is 2.63. The molecule has 0 saturated carbocycles. The number of allylic oxidation sites excluding steroid dienone is 1. The Balaban J connectivity index is 2.30. The number of hydrogen-bond donors (Lipinski definition) is 0. The highest BCUT2D eigenvalue weighted by molar-refractivity contribution is 5.81. The van der Waals surface area contributed by atoms with Crippen molar-refractivity contribution in [3.63, 3.8) is 0 Å². The largest absolute Gasteiger partial charge is 0.497 e. The number of nitriles is 1. The van der Waals surface area contributed by atoms with E-state index in [-0.39, 0.29) is 13.0 Å². The third kappa shape index (κ3) is 3.93. The van der Waals surface area contributed by atoms with Gasteiger partial charge >= 0.3 is 5.97 Å². The summed E-state index contributed by atoms with van der Waals surface area (Å²) in [6.45, 7) is 2.36. The standard InChI is InChI=1S/C18H20N2O4/c1-3-24-18(22)17-15(12-21)8-14(9-19)11-20(17)10-13-4-6-16(23-2)7-5-13/h4-7,11-12,15,17H,3,8,10H2,1-2H3/t15-,17+/m1/s1. The molecule has 0 unspecified atom stereocenters. The summed E-state index contributed by atoms with van der Waals surface area (Å²) in [5.74, 6) is -0.309. The third-order valence-corrected chi connectivity index (χ3v) is 3.91. The first-order valence-electron chi connectivity index (χ1n) is 7.74. The second-order valence-corrected chi connectivity index (χ2v) is 5.49. The van der Waals surface area contributed by atoms with E-state index >= 15 is 0 Å². The average Bonchev–Trinajstić information content (AvgIpc) is 2.61. The Kier molecular flexibility index (Phi) is 5.96. The van der Waals surface area contributed by atoms with Gasteiger partial charge in [0, 0.05) is 18.3 Å². The number of methoxy groups -OCH3 is 1. The van der Waals surface area contributed by atoms with E-state index in [0.717, 1.165) is 17.6 Å². The van der Waals surface area contributed by atoms with Crippen molar-refractivity contribution < 1.29 is 19.1 Å². The minimum absolute atomic E-state index is 0.242. The van der Waals surface area contributed by atoms with Gasteiger partial charge in [-0.05, 0) is 31.0 Å². The van der Waals surface area contributed by atoms with Crippen LogP contribution in [0.4, 0.5) is 0 Å². The van der Waals surface area contributed by atoms with E-state index in [9.17, 15) is 14.9 Å². The van der Waals surface area contributed by atoms with E-state index in [2.05, 4.69) is 6.07 Å². The summed E-state index contributed by atoms with van der Waals surface area (Å²) in [5.41, 5.74) is 1.41. The minimum Gasteiger partial charge on any atom is -0.497 e. The van der Waals surface area contributed by atoms with E-state index < -0.39 is 17.9 Å². The number of nitrogens with zero attached hydrogens (tertiary/aromatic N) is 2. The molecule has 1 aromatic carbocycles. The van der Waals surface area contributed by atoms with Gasteiger partial charge in [0.2, 0.25) is 0 Å². The quantitative estimate of drug-likeness (QED) is 0.587. The van der Waals surface area contributed by atoms with Crippen molar-refractivity contribution in [1.82, 2.24) is 4.90 Å². The van der Waals surface area contributed by atoms with E-state index in [1.165, 1.54) is 0 Å². The van der Waals surface area contributed by atoms with Crippen LogP contribution in [0.1, 0.15) is 18.9 Å². The van der Waals surface area contributed by atoms with Crippen LogP contribution in [0.15, 0.2) is 36.0 Å². The normalized spacial score (nSPS) is 19.9. The Morgan fingerprint density at radius 3 is 2.67 bits per heavy atom. The zero-order chi connectivity index (χ0) is 17.5. The molecule has 2 rings (SSSR count). The summed E-state index contributed by atoms with van der Waals surface area (Å²) >= 11 is 0. The Bertz CT molecular complexity index is 661. The predicted molar refractivity (Wildman–Crippen MR) is 86.8 cm³/mol. The van der Waals surface area contributed by atoms with Crippen LogP contribution in [-0.4, -0.2) is 36.9 Å². The number of esters is 1. The second kappa shape index (κ2) is 8.16. The molecule has 6 heteroatoms. The first kappa shape index (κ1) is 17.5. The molecule has 0 saturated heterocycles. The number of rotatable bonds is 6. The molecule has 24 heavy (non-hydrogen) atoms. The molecule has 0 amide bonds. The van der Waals surface area contributed by atoms with Crippen LogP contribution in [0.5, 0.6) is 5.75 Å². The van der Waals surface area contributed by atoms with Gasteiger partial charge in [-0.2, -0.15) is 5.26 Å². The molecule has 0 fully saturated rings. The number of benzene rings is 1. The van der Waals surface area contributed by atoms with Crippen LogP contribution in [0, 0.1) is 17.2 Å². The zero-order valence-corrected chi connectivity index (χ0v) is 13.8. The highest BCUT2D eigenvalue weighted by atomic mass is 16.5. The Morgan fingerprint density at radius 2 is 2.12 bits per heavy atom. The van der Waals surface area contributed by atoms with Crippen LogP contribution >= 0.6 is 0 Å². The van der Waals surface area contributed by atoms with Crippen molar-refractivity contribution in [1.29, 1.82) is 5.26 Å². The monoisotopic (exact) mass is 328 g/mol. The number of ether oxygens (including phenoxy) is 2. The number of carbonyl (C=O) groups excluding carboxylic acids is 2. The molecule has 126 valence electrons. The predicted octanol–water partition coefficient (Wildman–Crippen LogP) is 2.06. The van der Waals surface area contributed by atoms with E-state index in [1.807, 2.05) is 24.3 Å². The van der Waals surface area contributed by atoms with E-state index in [1.54, 1.807) is 25.1 Å². The third-order valence-electron chi connectivity index (χ3n) is 3.91. The molecule has 2 atom stereocenters. The number of carbonyl (C=O) groups is 2. The summed E-state index contributed by atoms with van der Waals surface area (Å²) in [4.78, 5) is 25.5. The summed E-state index contributed by atoms with van der Waals surface area (Å²) in [5, 5.41) is 9.19. The van der Waals surface area contributed by atoms with Crippen molar-refractivity contribution in [3.05, 3.63) is 41.6 Å². The fourth-order valence-corrected chi connectivity index (χ4v) is 2.77. The van der Waals surface area contributed by atoms with Gasteiger partial charge in [-0.3, -0.25) is 0 Å². The van der Waals surface area contributed by atoms with Gasteiger partial charge in [-0.25, -0.2) is 4.79 Å². The van der Waals surface area contributed by atoms with E-state index in [4.69, 9.17) is 9.47 Å². The molecule has 6 nitrogen and oxygen atoms in total. The molecule has 0 bridgehead atoms. The molecular formula is C18H20N2O4. The van der Waals surface area contributed by atoms with Crippen molar-refractivity contribution in [2.24, 2.45) is 5.92 Å². The van der Waals surface area contributed by atoms with Crippen LogP contribution < -0.4 is 4.74 Å². The van der Waals surface area contributed by atoms with Gasteiger partial charge in [-0.1, -0.05) is 12.1 Å². The average molecular weight is 328 g/mol. The fourth-order valence-electron chi connectivity index (χ4n) is 2.77. The van der Waals surface area contributed by atoms with Gasteiger partial charge in [0.05, 0.1) is 25.7 Å². The lowest BCUT2D eigenvalue weighted by Crippen LogP contribution is -2.47. The van der Waals surface area contributed by atoms with Crippen molar-refractivity contribution in [2.45, 2.75) is 25.9 Å². The summed E-state index contributed by atoms with van der Waals surface area (Å²) in [7, 11) is 1.59. The number of hydrogen-bond acceptors (Lipinski definition) is 6. The molecule has 0 aromatic heterocycles. The second-order valence-electron chi connectivity index (χ2n) is 5.49. The smallest absolute Gasteiger partial charge is 0.329 e. The topological polar surface area (TPSA) is 79.6 Å². The fraction of sp³-hybridized carbons (Fsp3) is 0.389. The zero-order valence-electron chi connectivity index (χ0n) is 13.8. The van der Waals surface area contributed by atoms with Crippen LogP contribution in [0.3, 0.4) is 0 Å². The van der Waals surface area contributed by atoms with Gasteiger partial charge in [0.15, 0.2) is 0 Å². The molecule has 0 N–H and O–H groups in total. The van der Waals surface area contributed by atoms with Crippen LogP contribution in [-0.2, 0) is 20.9 Å². The molecule has 1 aromatic rings. The molecule has 0 spiro atoms. The van der Waals surface area contributed by atoms with Crippen molar-refractivity contribution in [2.75, 3.05) is 13.7 Å². The Morgan fingerprint density at radius 1 is 1.42 bits per heavy atom. The summed E-state index contributed by atoms with van der Waals surface area (Å²) < 4.78 is 10.2. The Labute approximate surface area is 141 Å². The van der Waals surface area contributed by atoms with Gasteiger partial charge < -0.3 is 19.2 Å². The molecule has 0 aliphatic carbocycles. The van der Waals surface area contributed by atoms with Gasteiger partial charge in [0.1, 0.15) is 18.1 Å². The maximum Gasteiger partial charge on any atom is 0.329 e. The molecule has 1 heterocycles. The molecule has 0 radical (unpaired) electrons. The van der Waals surface area contributed by atoms with Crippen molar-refractivity contribution >= 4 is 12.3 Å². The van der Waals surface area contributed by atoms with Gasteiger partial charge in [0.25, 0.3) is 0 Å². The maximum absolute atomic E-state index is 12.3. The lowest BCUT2D eigenvalue weighted by atomic mass is 9.89. The maximum atomic E-state index is 12.3. The minimum atomic E-state index is -0.721.